The lowest BCUT2D eigenvalue weighted by Crippen LogP contribution is -2.57. The number of carbonyl (C=O) groups is 5. The second-order valence-electron chi connectivity index (χ2n) is 8.20. The fraction of sp³-hybridized carbons (Fsp3) is 0.370. The SMILES string of the molecule is CCOC(=O)C[C@H](C(=O)OCC)[C@@H](NC(=O)[C@@H](Cc1ccccc1)NC(=O)OCc1ccccc1)C(N)=O. The molecule has 0 saturated heterocycles. The van der Waals surface area contributed by atoms with Gasteiger partial charge in [-0.1, -0.05) is 60.7 Å². The van der Waals surface area contributed by atoms with Crippen LogP contribution in [-0.4, -0.2) is 55.1 Å². The lowest BCUT2D eigenvalue weighted by Gasteiger charge is -2.26. The Morgan fingerprint density at radius 3 is 1.92 bits per heavy atom. The van der Waals surface area contributed by atoms with Gasteiger partial charge in [0.05, 0.1) is 25.6 Å². The molecule has 0 radical (unpaired) electrons. The summed E-state index contributed by atoms with van der Waals surface area (Å²) in [5.41, 5.74) is 6.97. The zero-order valence-corrected chi connectivity index (χ0v) is 21.4. The van der Waals surface area contributed by atoms with Crippen molar-refractivity contribution in [1.29, 1.82) is 0 Å². The first-order valence-electron chi connectivity index (χ1n) is 12.2. The number of nitrogens with two attached hydrogens (primary N) is 1. The predicted octanol–water partition coefficient (Wildman–Crippen LogP) is 1.63. The van der Waals surface area contributed by atoms with Crippen molar-refractivity contribution in [2.24, 2.45) is 11.7 Å². The molecule has 2 aromatic rings. The molecule has 0 aliphatic heterocycles. The van der Waals surface area contributed by atoms with E-state index >= 15 is 0 Å². The number of hydrogen-bond acceptors (Lipinski definition) is 8. The Bertz CT molecular complexity index is 1080. The van der Waals surface area contributed by atoms with Crippen LogP contribution in [0.1, 0.15) is 31.4 Å². The van der Waals surface area contributed by atoms with Crippen LogP contribution in [0.5, 0.6) is 0 Å². The van der Waals surface area contributed by atoms with Crippen molar-refractivity contribution in [3.05, 3.63) is 71.8 Å². The summed E-state index contributed by atoms with van der Waals surface area (Å²) in [6.45, 7) is 3.14. The third kappa shape index (κ3) is 9.92. The Labute approximate surface area is 221 Å². The quantitative estimate of drug-likeness (QED) is 0.246. The van der Waals surface area contributed by atoms with Crippen LogP contribution in [0, 0.1) is 5.92 Å². The highest BCUT2D eigenvalue weighted by Crippen LogP contribution is 2.15. The summed E-state index contributed by atoms with van der Waals surface area (Å²) in [6, 6.07) is 15.0. The van der Waals surface area contributed by atoms with Gasteiger partial charge in [-0.25, -0.2) is 4.79 Å². The van der Waals surface area contributed by atoms with Crippen LogP contribution >= 0.6 is 0 Å². The van der Waals surface area contributed by atoms with Gasteiger partial charge in [-0.3, -0.25) is 19.2 Å². The maximum atomic E-state index is 13.3. The van der Waals surface area contributed by atoms with E-state index < -0.39 is 54.3 Å². The highest BCUT2D eigenvalue weighted by atomic mass is 16.6. The molecule has 3 amide bonds. The molecule has 0 aliphatic rings. The van der Waals surface area contributed by atoms with Crippen molar-refractivity contribution in [2.75, 3.05) is 13.2 Å². The third-order valence-electron chi connectivity index (χ3n) is 5.39. The topological polar surface area (TPSA) is 163 Å². The average Bonchev–Trinajstić information content (AvgIpc) is 2.90. The first-order chi connectivity index (χ1) is 18.2. The highest BCUT2D eigenvalue weighted by molar-refractivity contribution is 5.95. The van der Waals surface area contributed by atoms with Crippen LogP contribution in [0.15, 0.2) is 60.7 Å². The molecule has 4 N–H and O–H groups in total. The summed E-state index contributed by atoms with van der Waals surface area (Å²) in [4.78, 5) is 62.9. The van der Waals surface area contributed by atoms with Gasteiger partial charge in [0.15, 0.2) is 0 Å². The second kappa shape index (κ2) is 15.6. The van der Waals surface area contributed by atoms with E-state index in [1.165, 1.54) is 0 Å². The number of ether oxygens (including phenoxy) is 3. The normalized spacial score (nSPS) is 12.8. The largest absolute Gasteiger partial charge is 0.466 e. The second-order valence-corrected chi connectivity index (χ2v) is 8.20. The highest BCUT2D eigenvalue weighted by Gasteiger charge is 2.38. The first kappa shape index (κ1) is 29.8. The van der Waals surface area contributed by atoms with Crippen molar-refractivity contribution in [2.45, 2.75) is 45.4 Å². The molecule has 2 rings (SSSR count). The summed E-state index contributed by atoms with van der Waals surface area (Å²) in [5.74, 6) is -4.98. The van der Waals surface area contributed by atoms with Gasteiger partial charge in [0, 0.05) is 6.42 Å². The number of benzene rings is 2. The van der Waals surface area contributed by atoms with Crippen molar-refractivity contribution in [3.63, 3.8) is 0 Å². The number of alkyl carbamates (subject to hydrolysis) is 1. The minimum Gasteiger partial charge on any atom is -0.466 e. The summed E-state index contributed by atoms with van der Waals surface area (Å²) >= 11 is 0. The maximum absolute atomic E-state index is 13.3. The van der Waals surface area contributed by atoms with Gasteiger partial charge in [0.1, 0.15) is 18.7 Å². The van der Waals surface area contributed by atoms with Gasteiger partial charge in [-0.2, -0.15) is 0 Å². The van der Waals surface area contributed by atoms with Gasteiger partial charge in [-0.05, 0) is 25.0 Å². The summed E-state index contributed by atoms with van der Waals surface area (Å²) in [7, 11) is 0. The van der Waals surface area contributed by atoms with Crippen LogP contribution in [0.3, 0.4) is 0 Å². The van der Waals surface area contributed by atoms with E-state index in [1.54, 1.807) is 68.4 Å². The molecule has 204 valence electrons. The maximum Gasteiger partial charge on any atom is 0.408 e. The van der Waals surface area contributed by atoms with Crippen molar-refractivity contribution in [1.82, 2.24) is 10.6 Å². The molecule has 0 aliphatic carbocycles. The zero-order valence-electron chi connectivity index (χ0n) is 21.4. The lowest BCUT2D eigenvalue weighted by molar-refractivity contribution is -0.157. The number of hydrogen-bond donors (Lipinski definition) is 3. The van der Waals surface area contributed by atoms with Crippen LogP contribution in [0.2, 0.25) is 0 Å². The number of nitrogens with one attached hydrogen (secondary N) is 2. The summed E-state index contributed by atoms with van der Waals surface area (Å²) in [6.07, 6.45) is -1.37. The average molecular weight is 528 g/mol. The van der Waals surface area contributed by atoms with Crippen molar-refractivity contribution >= 4 is 29.8 Å². The minimum atomic E-state index is -1.61. The van der Waals surface area contributed by atoms with Crippen molar-refractivity contribution < 1.29 is 38.2 Å². The minimum absolute atomic E-state index is 0.0248. The monoisotopic (exact) mass is 527 g/mol. The summed E-state index contributed by atoms with van der Waals surface area (Å²) < 4.78 is 15.1. The Balaban J connectivity index is 2.23. The fourth-order valence-electron chi connectivity index (χ4n) is 3.58. The molecular formula is C27H33N3O8. The van der Waals surface area contributed by atoms with Crippen LogP contribution in [0.25, 0.3) is 0 Å². The standard InChI is InChI=1S/C27H33N3O8/c1-3-36-22(31)16-20(26(34)37-4-2)23(24(28)32)30-25(33)21(15-18-11-7-5-8-12-18)29-27(35)38-17-19-13-9-6-10-14-19/h5-14,20-21,23H,3-4,15-17H2,1-2H3,(H2,28,32)(H,29,35)(H,30,33)/t20-,21+,23+/m0/s1. The number of primary amides is 1. The number of esters is 2. The molecule has 0 saturated carbocycles. The molecule has 0 bridgehead atoms. The van der Waals surface area contributed by atoms with Crippen molar-refractivity contribution in [3.8, 4) is 0 Å². The molecule has 3 atom stereocenters. The van der Waals surface area contributed by atoms with Gasteiger partial charge in [-0.15, -0.1) is 0 Å². The summed E-state index contributed by atoms with van der Waals surface area (Å²) in [5, 5.41) is 4.91. The predicted molar refractivity (Wildman–Crippen MR) is 136 cm³/mol. The van der Waals surface area contributed by atoms with E-state index in [2.05, 4.69) is 10.6 Å². The molecule has 0 fully saturated rings. The fourth-order valence-corrected chi connectivity index (χ4v) is 3.58. The molecule has 2 aromatic carbocycles. The van der Waals surface area contributed by atoms with E-state index in [4.69, 9.17) is 19.9 Å². The van der Waals surface area contributed by atoms with E-state index in [0.717, 1.165) is 5.56 Å². The van der Waals surface area contributed by atoms with Crippen LogP contribution in [-0.2, 0) is 46.4 Å². The molecule has 38 heavy (non-hydrogen) atoms. The van der Waals surface area contributed by atoms with E-state index in [1.807, 2.05) is 6.07 Å². The van der Waals surface area contributed by atoms with Gasteiger partial charge >= 0.3 is 18.0 Å². The molecule has 0 aromatic heterocycles. The van der Waals surface area contributed by atoms with Crippen LogP contribution in [0.4, 0.5) is 4.79 Å². The molecule has 11 nitrogen and oxygen atoms in total. The molecule has 0 heterocycles. The Morgan fingerprint density at radius 1 is 0.789 bits per heavy atom. The Hall–Kier alpha value is -4.41. The lowest BCUT2D eigenvalue weighted by atomic mass is 9.94. The Kier molecular flexibility index (Phi) is 12.3. The molecular weight excluding hydrogens is 494 g/mol. The van der Waals surface area contributed by atoms with Gasteiger partial charge in [0.25, 0.3) is 0 Å². The molecule has 11 heteroatoms. The third-order valence-corrected chi connectivity index (χ3v) is 5.39. The number of carbonyl (C=O) groups excluding carboxylic acids is 5. The number of rotatable bonds is 14. The van der Waals surface area contributed by atoms with E-state index in [9.17, 15) is 24.0 Å². The Morgan fingerprint density at radius 2 is 1.37 bits per heavy atom. The smallest absolute Gasteiger partial charge is 0.408 e. The first-order valence-corrected chi connectivity index (χ1v) is 12.2. The van der Waals surface area contributed by atoms with Crippen LogP contribution < -0.4 is 16.4 Å². The van der Waals surface area contributed by atoms with E-state index in [-0.39, 0.29) is 26.2 Å². The van der Waals surface area contributed by atoms with Gasteiger partial charge in [0.2, 0.25) is 11.8 Å². The van der Waals surface area contributed by atoms with E-state index in [0.29, 0.717) is 5.56 Å². The van der Waals surface area contributed by atoms with Gasteiger partial charge < -0.3 is 30.6 Å². The molecule has 0 unspecified atom stereocenters. The number of amides is 3. The molecule has 0 spiro atoms. The zero-order chi connectivity index (χ0) is 27.9.